The number of halogens is 1. The van der Waals surface area contributed by atoms with Crippen molar-refractivity contribution in [3.63, 3.8) is 0 Å². The molecule has 0 aliphatic heterocycles. The Labute approximate surface area is 158 Å². The standard InChI is InChI=1S/C20H20ClN3O2/c1-15(25)24(10-8-16-4-2-6-18(21)12-16)11-9-20(26)23-19-7-3-5-17(13-19)14-22/h2-7,12-13H,8-11H2,1H3,(H,23,26). The molecule has 134 valence electrons. The third-order valence-electron chi connectivity index (χ3n) is 3.89. The van der Waals surface area contributed by atoms with Gasteiger partial charge in [0.2, 0.25) is 11.8 Å². The lowest BCUT2D eigenvalue weighted by molar-refractivity contribution is -0.129. The number of anilines is 1. The van der Waals surface area contributed by atoms with Gasteiger partial charge in [0.25, 0.3) is 0 Å². The van der Waals surface area contributed by atoms with Crippen LogP contribution in [0.25, 0.3) is 0 Å². The molecule has 0 saturated carbocycles. The van der Waals surface area contributed by atoms with E-state index in [0.717, 1.165) is 5.56 Å². The minimum absolute atomic E-state index is 0.0775. The van der Waals surface area contributed by atoms with Crippen LogP contribution in [0.4, 0.5) is 5.69 Å². The topological polar surface area (TPSA) is 73.2 Å². The summed E-state index contributed by atoms with van der Waals surface area (Å²) in [5.41, 5.74) is 2.10. The molecule has 2 aromatic rings. The molecule has 0 aromatic heterocycles. The van der Waals surface area contributed by atoms with E-state index in [1.807, 2.05) is 24.3 Å². The average Bonchev–Trinajstić information content (AvgIpc) is 2.61. The predicted molar refractivity (Wildman–Crippen MR) is 102 cm³/mol. The van der Waals surface area contributed by atoms with Crippen molar-refractivity contribution in [2.24, 2.45) is 0 Å². The number of hydrogen-bond acceptors (Lipinski definition) is 3. The maximum Gasteiger partial charge on any atom is 0.226 e. The summed E-state index contributed by atoms with van der Waals surface area (Å²) in [6.45, 7) is 2.35. The lowest BCUT2D eigenvalue weighted by atomic mass is 10.1. The fourth-order valence-corrected chi connectivity index (χ4v) is 2.72. The van der Waals surface area contributed by atoms with Gasteiger partial charge in [-0.05, 0) is 42.3 Å². The first kappa shape index (κ1) is 19.5. The van der Waals surface area contributed by atoms with E-state index in [2.05, 4.69) is 5.32 Å². The van der Waals surface area contributed by atoms with Gasteiger partial charge in [-0.15, -0.1) is 0 Å². The molecule has 26 heavy (non-hydrogen) atoms. The van der Waals surface area contributed by atoms with Crippen molar-refractivity contribution in [3.8, 4) is 6.07 Å². The first-order valence-corrected chi connectivity index (χ1v) is 8.65. The van der Waals surface area contributed by atoms with Crippen LogP contribution in [0.2, 0.25) is 5.02 Å². The number of nitrogens with zero attached hydrogens (tertiary/aromatic N) is 2. The SMILES string of the molecule is CC(=O)N(CCC(=O)Nc1cccc(C#N)c1)CCc1cccc(Cl)c1. The van der Waals surface area contributed by atoms with E-state index >= 15 is 0 Å². The Morgan fingerprint density at radius 2 is 1.92 bits per heavy atom. The maximum absolute atomic E-state index is 12.1. The van der Waals surface area contributed by atoms with Gasteiger partial charge in [0.15, 0.2) is 0 Å². The molecule has 0 saturated heterocycles. The molecule has 0 heterocycles. The van der Waals surface area contributed by atoms with Crippen molar-refractivity contribution in [3.05, 3.63) is 64.7 Å². The van der Waals surface area contributed by atoms with Crippen LogP contribution in [-0.2, 0) is 16.0 Å². The Kier molecular flexibility index (Phi) is 7.19. The number of nitriles is 1. The molecule has 1 N–H and O–H groups in total. The van der Waals surface area contributed by atoms with E-state index in [9.17, 15) is 9.59 Å². The fourth-order valence-electron chi connectivity index (χ4n) is 2.51. The van der Waals surface area contributed by atoms with Crippen LogP contribution < -0.4 is 5.32 Å². The smallest absolute Gasteiger partial charge is 0.226 e. The van der Waals surface area contributed by atoms with E-state index in [0.29, 0.717) is 35.8 Å². The fraction of sp³-hybridized carbons (Fsp3) is 0.250. The Morgan fingerprint density at radius 3 is 2.62 bits per heavy atom. The molecule has 2 rings (SSSR count). The lowest BCUT2D eigenvalue weighted by Gasteiger charge is -2.21. The summed E-state index contributed by atoms with van der Waals surface area (Å²) >= 11 is 5.97. The van der Waals surface area contributed by atoms with E-state index in [-0.39, 0.29) is 18.2 Å². The van der Waals surface area contributed by atoms with Crippen molar-refractivity contribution in [2.45, 2.75) is 19.8 Å². The molecule has 2 aromatic carbocycles. The Hall–Kier alpha value is -2.84. The maximum atomic E-state index is 12.1. The van der Waals surface area contributed by atoms with Gasteiger partial charge in [0, 0.05) is 37.1 Å². The Morgan fingerprint density at radius 1 is 1.15 bits per heavy atom. The molecule has 0 spiro atoms. The number of benzene rings is 2. The summed E-state index contributed by atoms with van der Waals surface area (Å²) in [6.07, 6.45) is 0.859. The van der Waals surface area contributed by atoms with Gasteiger partial charge in [-0.1, -0.05) is 29.8 Å². The molecule has 0 fully saturated rings. The molecule has 0 aliphatic carbocycles. The van der Waals surface area contributed by atoms with Gasteiger partial charge in [0.1, 0.15) is 0 Å². The van der Waals surface area contributed by atoms with Crippen LogP contribution in [0, 0.1) is 11.3 Å². The first-order valence-electron chi connectivity index (χ1n) is 8.28. The monoisotopic (exact) mass is 369 g/mol. The Balaban J connectivity index is 1.86. The third kappa shape index (κ3) is 6.23. The van der Waals surface area contributed by atoms with E-state index in [1.54, 1.807) is 35.2 Å². The second-order valence-electron chi connectivity index (χ2n) is 5.88. The molecule has 0 unspecified atom stereocenters. The van der Waals surface area contributed by atoms with Crippen LogP contribution >= 0.6 is 11.6 Å². The number of amides is 2. The number of rotatable bonds is 7. The second-order valence-corrected chi connectivity index (χ2v) is 6.31. The van der Waals surface area contributed by atoms with Gasteiger partial charge in [-0.2, -0.15) is 5.26 Å². The predicted octanol–water partition coefficient (Wildman–Crippen LogP) is 3.63. The van der Waals surface area contributed by atoms with Crippen molar-refractivity contribution in [1.29, 1.82) is 5.26 Å². The highest BCUT2D eigenvalue weighted by atomic mass is 35.5. The lowest BCUT2D eigenvalue weighted by Crippen LogP contribution is -2.33. The van der Waals surface area contributed by atoms with E-state index in [1.165, 1.54) is 6.92 Å². The molecule has 0 aliphatic rings. The number of nitrogens with one attached hydrogen (secondary N) is 1. The van der Waals surface area contributed by atoms with Crippen molar-refractivity contribution < 1.29 is 9.59 Å². The molecular weight excluding hydrogens is 350 g/mol. The highest BCUT2D eigenvalue weighted by Crippen LogP contribution is 2.12. The number of carbonyl (C=O) groups excluding carboxylic acids is 2. The zero-order valence-corrected chi connectivity index (χ0v) is 15.3. The van der Waals surface area contributed by atoms with Crippen LogP contribution in [-0.4, -0.2) is 29.8 Å². The average molecular weight is 370 g/mol. The van der Waals surface area contributed by atoms with E-state index < -0.39 is 0 Å². The minimum atomic E-state index is -0.200. The summed E-state index contributed by atoms with van der Waals surface area (Å²) in [5.74, 6) is -0.277. The molecule has 0 bridgehead atoms. The van der Waals surface area contributed by atoms with E-state index in [4.69, 9.17) is 16.9 Å². The summed E-state index contributed by atoms with van der Waals surface area (Å²) < 4.78 is 0. The zero-order valence-electron chi connectivity index (χ0n) is 14.5. The normalized spacial score (nSPS) is 10.0. The van der Waals surface area contributed by atoms with Crippen LogP contribution in [0.1, 0.15) is 24.5 Å². The third-order valence-corrected chi connectivity index (χ3v) is 4.12. The van der Waals surface area contributed by atoms with Gasteiger partial charge < -0.3 is 10.2 Å². The van der Waals surface area contributed by atoms with Gasteiger partial charge in [0.05, 0.1) is 11.6 Å². The van der Waals surface area contributed by atoms with Gasteiger partial charge >= 0.3 is 0 Å². The first-order chi connectivity index (χ1) is 12.5. The minimum Gasteiger partial charge on any atom is -0.342 e. The number of hydrogen-bond donors (Lipinski definition) is 1. The summed E-state index contributed by atoms with van der Waals surface area (Å²) in [5, 5.41) is 12.3. The Bertz CT molecular complexity index is 830. The van der Waals surface area contributed by atoms with Gasteiger partial charge in [-0.25, -0.2) is 0 Å². The van der Waals surface area contributed by atoms with Crippen LogP contribution in [0.5, 0.6) is 0 Å². The van der Waals surface area contributed by atoms with Crippen molar-refractivity contribution in [1.82, 2.24) is 4.90 Å². The molecule has 2 amide bonds. The molecule has 5 nitrogen and oxygen atoms in total. The van der Waals surface area contributed by atoms with Crippen LogP contribution in [0.15, 0.2) is 48.5 Å². The highest BCUT2D eigenvalue weighted by molar-refractivity contribution is 6.30. The van der Waals surface area contributed by atoms with Gasteiger partial charge in [-0.3, -0.25) is 9.59 Å². The molecular formula is C20H20ClN3O2. The second kappa shape index (κ2) is 9.59. The largest absolute Gasteiger partial charge is 0.342 e. The summed E-state index contributed by atoms with van der Waals surface area (Å²) in [4.78, 5) is 25.6. The summed E-state index contributed by atoms with van der Waals surface area (Å²) in [6, 6.07) is 16.2. The molecule has 6 heteroatoms. The van der Waals surface area contributed by atoms with Crippen molar-refractivity contribution in [2.75, 3.05) is 18.4 Å². The van der Waals surface area contributed by atoms with Crippen molar-refractivity contribution >= 4 is 29.1 Å². The quantitative estimate of drug-likeness (QED) is 0.809. The van der Waals surface area contributed by atoms with Crippen LogP contribution in [0.3, 0.4) is 0 Å². The summed E-state index contributed by atoms with van der Waals surface area (Å²) in [7, 11) is 0. The molecule has 0 radical (unpaired) electrons. The molecule has 0 atom stereocenters. The zero-order chi connectivity index (χ0) is 18.9. The number of carbonyl (C=O) groups is 2. The highest BCUT2D eigenvalue weighted by Gasteiger charge is 2.12.